The Kier molecular flexibility index (Phi) is 7.38. The Morgan fingerprint density at radius 1 is 1.19 bits per heavy atom. The Balaban J connectivity index is 0.00000117. The average molecular weight is 359 g/mol. The van der Waals surface area contributed by atoms with E-state index in [1.807, 2.05) is 13.8 Å². The van der Waals surface area contributed by atoms with E-state index in [2.05, 4.69) is 15.2 Å². The number of amides is 1. The summed E-state index contributed by atoms with van der Waals surface area (Å²) in [5, 5.41) is 11.9. The number of anilines is 2. The normalized spacial score (nSPS) is 14.3. The summed E-state index contributed by atoms with van der Waals surface area (Å²) in [5.41, 5.74) is 1.02. The SMILES string of the molecule is CC.O=C(CC1CCN(c2ccc(F)cc2)CC1)Nc1ccc(O)cn1. The van der Waals surface area contributed by atoms with E-state index in [0.717, 1.165) is 31.6 Å². The molecule has 1 fully saturated rings. The molecule has 0 saturated carbocycles. The molecule has 6 heteroatoms. The van der Waals surface area contributed by atoms with Crippen LogP contribution < -0.4 is 10.2 Å². The number of nitrogens with one attached hydrogen (secondary N) is 1. The lowest BCUT2D eigenvalue weighted by Crippen LogP contribution is -2.34. The Labute approximate surface area is 153 Å². The average Bonchev–Trinajstić information content (AvgIpc) is 2.67. The molecule has 0 spiro atoms. The van der Waals surface area contributed by atoms with Gasteiger partial charge in [-0.15, -0.1) is 0 Å². The second-order valence-electron chi connectivity index (χ2n) is 6.06. The van der Waals surface area contributed by atoms with Gasteiger partial charge >= 0.3 is 0 Å². The maximum Gasteiger partial charge on any atom is 0.225 e. The van der Waals surface area contributed by atoms with E-state index in [4.69, 9.17) is 0 Å². The van der Waals surface area contributed by atoms with Crippen LogP contribution in [0.25, 0.3) is 0 Å². The van der Waals surface area contributed by atoms with Crippen molar-refractivity contribution in [2.24, 2.45) is 5.92 Å². The fourth-order valence-corrected chi connectivity index (χ4v) is 2.96. The first-order valence-electron chi connectivity index (χ1n) is 9.05. The van der Waals surface area contributed by atoms with E-state index in [0.29, 0.717) is 18.2 Å². The summed E-state index contributed by atoms with van der Waals surface area (Å²) in [4.78, 5) is 18.3. The van der Waals surface area contributed by atoms with Crippen molar-refractivity contribution in [2.45, 2.75) is 33.1 Å². The maximum atomic E-state index is 13.0. The van der Waals surface area contributed by atoms with Crippen LogP contribution in [0.5, 0.6) is 5.75 Å². The minimum atomic E-state index is -0.229. The summed E-state index contributed by atoms with van der Waals surface area (Å²) >= 11 is 0. The van der Waals surface area contributed by atoms with E-state index < -0.39 is 0 Å². The highest BCUT2D eigenvalue weighted by Crippen LogP contribution is 2.25. The number of halogens is 1. The summed E-state index contributed by atoms with van der Waals surface area (Å²) in [6, 6.07) is 9.59. The molecule has 0 radical (unpaired) electrons. The Morgan fingerprint density at radius 3 is 2.42 bits per heavy atom. The topological polar surface area (TPSA) is 65.5 Å². The molecule has 2 heterocycles. The van der Waals surface area contributed by atoms with Gasteiger partial charge in [0.2, 0.25) is 5.91 Å². The molecule has 0 unspecified atom stereocenters. The zero-order chi connectivity index (χ0) is 18.9. The monoisotopic (exact) mass is 359 g/mol. The zero-order valence-corrected chi connectivity index (χ0v) is 15.3. The molecular weight excluding hydrogens is 333 g/mol. The van der Waals surface area contributed by atoms with Gasteiger partial charge in [0.05, 0.1) is 6.20 Å². The fraction of sp³-hybridized carbons (Fsp3) is 0.400. The van der Waals surface area contributed by atoms with Gasteiger partial charge in [0, 0.05) is 25.2 Å². The van der Waals surface area contributed by atoms with E-state index in [1.54, 1.807) is 18.2 Å². The van der Waals surface area contributed by atoms with Gasteiger partial charge in [0.1, 0.15) is 17.4 Å². The number of piperidine rings is 1. The number of carbonyl (C=O) groups excluding carboxylic acids is 1. The number of nitrogens with zero attached hydrogens (tertiary/aromatic N) is 2. The quantitative estimate of drug-likeness (QED) is 0.859. The second-order valence-corrected chi connectivity index (χ2v) is 6.06. The van der Waals surface area contributed by atoms with Crippen LogP contribution in [0.15, 0.2) is 42.6 Å². The van der Waals surface area contributed by atoms with E-state index in [9.17, 15) is 14.3 Å². The van der Waals surface area contributed by atoms with E-state index >= 15 is 0 Å². The summed E-state index contributed by atoms with van der Waals surface area (Å²) in [5.74, 6) is 0.558. The van der Waals surface area contributed by atoms with Crippen molar-refractivity contribution in [1.29, 1.82) is 0 Å². The van der Waals surface area contributed by atoms with Crippen molar-refractivity contribution < 1.29 is 14.3 Å². The van der Waals surface area contributed by atoms with Crippen LogP contribution in [-0.4, -0.2) is 29.1 Å². The van der Waals surface area contributed by atoms with Gasteiger partial charge in [-0.1, -0.05) is 13.8 Å². The van der Waals surface area contributed by atoms with Crippen molar-refractivity contribution in [2.75, 3.05) is 23.3 Å². The van der Waals surface area contributed by atoms with Crippen LogP contribution in [0.1, 0.15) is 33.1 Å². The molecule has 1 aliphatic heterocycles. The van der Waals surface area contributed by atoms with Crippen LogP contribution in [0.4, 0.5) is 15.9 Å². The summed E-state index contributed by atoms with van der Waals surface area (Å²) < 4.78 is 13.0. The van der Waals surface area contributed by atoms with Crippen LogP contribution in [0.3, 0.4) is 0 Å². The molecule has 0 aliphatic carbocycles. The highest BCUT2D eigenvalue weighted by Gasteiger charge is 2.22. The van der Waals surface area contributed by atoms with Crippen molar-refractivity contribution >= 4 is 17.4 Å². The molecule has 1 aromatic carbocycles. The van der Waals surface area contributed by atoms with Gasteiger partial charge in [0.25, 0.3) is 0 Å². The predicted octanol–water partition coefficient (Wildman–Crippen LogP) is 4.20. The maximum absolute atomic E-state index is 13.0. The van der Waals surface area contributed by atoms with Gasteiger partial charge in [-0.05, 0) is 55.2 Å². The highest BCUT2D eigenvalue weighted by molar-refractivity contribution is 5.89. The number of rotatable bonds is 4. The lowest BCUT2D eigenvalue weighted by Gasteiger charge is -2.33. The lowest BCUT2D eigenvalue weighted by molar-refractivity contribution is -0.117. The van der Waals surface area contributed by atoms with E-state index in [-0.39, 0.29) is 17.5 Å². The Hall–Kier alpha value is -2.63. The summed E-state index contributed by atoms with van der Waals surface area (Å²) in [7, 11) is 0. The number of hydrogen-bond acceptors (Lipinski definition) is 4. The predicted molar refractivity (Wildman–Crippen MR) is 102 cm³/mol. The van der Waals surface area contributed by atoms with Gasteiger partial charge in [-0.25, -0.2) is 9.37 Å². The van der Waals surface area contributed by atoms with Crippen molar-refractivity contribution in [3.05, 3.63) is 48.4 Å². The molecule has 26 heavy (non-hydrogen) atoms. The number of aromatic nitrogens is 1. The fourth-order valence-electron chi connectivity index (χ4n) is 2.96. The van der Waals surface area contributed by atoms with Gasteiger partial charge in [-0.3, -0.25) is 4.79 Å². The Bertz CT molecular complexity index is 681. The molecule has 1 amide bonds. The number of pyridine rings is 1. The molecule has 1 saturated heterocycles. The third-order valence-electron chi connectivity index (χ3n) is 4.30. The Morgan fingerprint density at radius 2 is 1.85 bits per heavy atom. The van der Waals surface area contributed by atoms with Crippen LogP contribution in [-0.2, 0) is 4.79 Å². The first kappa shape index (κ1) is 19.7. The number of hydrogen-bond donors (Lipinski definition) is 2. The van der Waals surface area contributed by atoms with Crippen LogP contribution >= 0.6 is 0 Å². The molecule has 0 atom stereocenters. The number of carbonyl (C=O) groups is 1. The largest absolute Gasteiger partial charge is 0.506 e. The smallest absolute Gasteiger partial charge is 0.225 e. The van der Waals surface area contributed by atoms with Crippen LogP contribution in [0.2, 0.25) is 0 Å². The van der Waals surface area contributed by atoms with Gasteiger partial charge < -0.3 is 15.3 Å². The molecule has 3 rings (SSSR count). The van der Waals surface area contributed by atoms with Crippen molar-refractivity contribution in [3.8, 4) is 5.75 Å². The molecule has 2 N–H and O–H groups in total. The minimum Gasteiger partial charge on any atom is -0.506 e. The van der Waals surface area contributed by atoms with Crippen molar-refractivity contribution in [1.82, 2.24) is 4.98 Å². The number of aromatic hydroxyl groups is 1. The first-order valence-corrected chi connectivity index (χ1v) is 9.05. The van der Waals surface area contributed by atoms with Crippen molar-refractivity contribution in [3.63, 3.8) is 0 Å². The molecule has 2 aromatic rings. The number of benzene rings is 1. The second kappa shape index (κ2) is 9.75. The summed E-state index contributed by atoms with van der Waals surface area (Å²) in [6.45, 7) is 5.72. The molecule has 5 nitrogen and oxygen atoms in total. The molecule has 1 aliphatic rings. The lowest BCUT2D eigenvalue weighted by atomic mass is 9.93. The highest BCUT2D eigenvalue weighted by atomic mass is 19.1. The molecule has 140 valence electrons. The van der Waals surface area contributed by atoms with E-state index in [1.165, 1.54) is 24.4 Å². The minimum absolute atomic E-state index is 0.0616. The zero-order valence-electron chi connectivity index (χ0n) is 15.3. The van der Waals surface area contributed by atoms with Gasteiger partial charge in [0.15, 0.2) is 0 Å². The molecular formula is C20H26FN3O2. The summed E-state index contributed by atoms with van der Waals surface area (Å²) in [6.07, 6.45) is 3.61. The third-order valence-corrected chi connectivity index (χ3v) is 4.30. The first-order chi connectivity index (χ1) is 12.6. The standard InChI is InChI=1S/C18H20FN3O2.C2H6/c19-14-1-3-15(4-2-14)22-9-7-13(8-10-22)11-18(24)21-17-6-5-16(23)12-20-17;1-2/h1-6,12-13,23H,7-11H2,(H,20,21,24);1-2H3. The van der Waals surface area contributed by atoms with Gasteiger partial charge in [-0.2, -0.15) is 0 Å². The molecule has 1 aromatic heterocycles. The van der Waals surface area contributed by atoms with Crippen LogP contribution in [0, 0.1) is 11.7 Å². The third kappa shape index (κ3) is 5.72. The molecule has 0 bridgehead atoms.